The second-order valence-corrected chi connectivity index (χ2v) is 4.50. The second kappa shape index (κ2) is 5.84. The number of nitrogens with zero attached hydrogens (tertiary/aromatic N) is 1. The van der Waals surface area contributed by atoms with Crippen molar-refractivity contribution in [1.29, 1.82) is 0 Å². The van der Waals surface area contributed by atoms with Crippen LogP contribution < -0.4 is 5.32 Å². The van der Waals surface area contributed by atoms with Crippen LogP contribution in [0.4, 0.5) is 0 Å². The first-order valence-electron chi connectivity index (χ1n) is 6.31. The lowest BCUT2D eigenvalue weighted by molar-refractivity contribution is -0.151. The van der Waals surface area contributed by atoms with Crippen LogP contribution in [0.5, 0.6) is 0 Å². The number of nitrogens with one attached hydrogen (secondary N) is 1. The Bertz CT molecular complexity index is 315. The third-order valence-corrected chi connectivity index (χ3v) is 3.25. The van der Waals surface area contributed by atoms with Crippen LogP contribution in [-0.4, -0.2) is 34.8 Å². The average molecular weight is 238 g/mol. The Labute approximate surface area is 103 Å². The van der Waals surface area contributed by atoms with Gasteiger partial charge in [0, 0.05) is 6.04 Å². The Balaban J connectivity index is 2.96. The zero-order valence-corrected chi connectivity index (χ0v) is 10.9. The summed E-state index contributed by atoms with van der Waals surface area (Å²) in [5.74, 6) is -0.0232. The predicted octanol–water partition coefficient (Wildman–Crippen LogP) is 1.47. The Kier molecular flexibility index (Phi) is 4.73. The lowest BCUT2D eigenvalue weighted by atomic mass is 10.00. The fraction of sp³-hybridized carbons (Fsp3) is 0.692. The van der Waals surface area contributed by atoms with Crippen molar-refractivity contribution < 1.29 is 9.59 Å². The van der Waals surface area contributed by atoms with E-state index < -0.39 is 0 Å². The Morgan fingerprint density at radius 1 is 1.47 bits per heavy atom. The van der Waals surface area contributed by atoms with Crippen LogP contribution in [0.15, 0.2) is 12.7 Å². The first kappa shape index (κ1) is 13.7. The van der Waals surface area contributed by atoms with Gasteiger partial charge in [-0.05, 0) is 19.8 Å². The predicted molar refractivity (Wildman–Crippen MR) is 67.4 cm³/mol. The maximum absolute atomic E-state index is 12.3. The van der Waals surface area contributed by atoms with Crippen molar-refractivity contribution in [2.75, 3.05) is 0 Å². The van der Waals surface area contributed by atoms with Crippen molar-refractivity contribution in [3.05, 3.63) is 12.7 Å². The smallest absolute Gasteiger partial charge is 0.246 e. The molecule has 4 nitrogen and oxygen atoms in total. The normalized spacial score (nSPS) is 26.6. The molecule has 4 heteroatoms. The molecular weight excluding hydrogens is 216 g/mol. The van der Waals surface area contributed by atoms with E-state index in [9.17, 15) is 9.59 Å². The molecule has 96 valence electrons. The van der Waals surface area contributed by atoms with Gasteiger partial charge in [0.05, 0.1) is 0 Å². The molecule has 0 aliphatic carbocycles. The molecule has 1 saturated heterocycles. The van der Waals surface area contributed by atoms with E-state index in [-0.39, 0.29) is 29.9 Å². The maximum Gasteiger partial charge on any atom is 0.246 e. The molecular formula is C13H22N2O2. The zero-order valence-electron chi connectivity index (χ0n) is 10.9. The highest BCUT2D eigenvalue weighted by Crippen LogP contribution is 2.19. The molecule has 3 unspecified atom stereocenters. The summed E-state index contributed by atoms with van der Waals surface area (Å²) in [6.45, 7) is 9.53. The largest absolute Gasteiger partial charge is 0.343 e. The van der Waals surface area contributed by atoms with E-state index in [2.05, 4.69) is 11.9 Å². The van der Waals surface area contributed by atoms with Gasteiger partial charge in [-0.3, -0.25) is 9.59 Å². The van der Waals surface area contributed by atoms with Gasteiger partial charge in [-0.1, -0.05) is 26.3 Å². The standard InChI is InChI=1S/C13H22N2O2/c1-5-8-10-13(17)15(9(4)6-2)11(7-3)12(16)14-10/h6,9-11H,2,5,7-8H2,1,3-4H3,(H,14,16). The molecule has 3 atom stereocenters. The number of piperazine rings is 1. The van der Waals surface area contributed by atoms with Crippen molar-refractivity contribution >= 4 is 11.8 Å². The van der Waals surface area contributed by atoms with Gasteiger partial charge in [0.25, 0.3) is 0 Å². The van der Waals surface area contributed by atoms with Gasteiger partial charge in [-0.2, -0.15) is 0 Å². The molecule has 0 aromatic rings. The topological polar surface area (TPSA) is 49.4 Å². The summed E-state index contributed by atoms with van der Waals surface area (Å²) in [5, 5.41) is 2.81. The van der Waals surface area contributed by atoms with Gasteiger partial charge < -0.3 is 10.2 Å². The fourth-order valence-electron chi connectivity index (χ4n) is 2.25. The summed E-state index contributed by atoms with van der Waals surface area (Å²) in [6.07, 6.45) is 3.92. The molecule has 1 heterocycles. The van der Waals surface area contributed by atoms with Gasteiger partial charge in [0.2, 0.25) is 11.8 Å². The molecule has 0 radical (unpaired) electrons. The number of rotatable bonds is 5. The lowest BCUT2D eigenvalue weighted by Crippen LogP contribution is -2.64. The molecule has 1 aliphatic heterocycles. The van der Waals surface area contributed by atoms with Crippen molar-refractivity contribution in [2.45, 2.75) is 58.2 Å². The van der Waals surface area contributed by atoms with E-state index in [0.29, 0.717) is 12.8 Å². The van der Waals surface area contributed by atoms with Crippen LogP contribution in [-0.2, 0) is 9.59 Å². The monoisotopic (exact) mass is 238 g/mol. The molecule has 0 saturated carbocycles. The van der Waals surface area contributed by atoms with E-state index in [0.717, 1.165) is 6.42 Å². The molecule has 1 N–H and O–H groups in total. The summed E-state index contributed by atoms with van der Waals surface area (Å²) in [4.78, 5) is 25.9. The van der Waals surface area contributed by atoms with E-state index in [1.54, 1.807) is 11.0 Å². The van der Waals surface area contributed by atoms with Crippen LogP contribution in [0.25, 0.3) is 0 Å². The number of carbonyl (C=O) groups is 2. The molecule has 1 rings (SSSR count). The molecule has 1 aliphatic rings. The summed E-state index contributed by atoms with van der Waals surface area (Å²) in [7, 11) is 0. The minimum absolute atomic E-state index is 0.0192. The SMILES string of the molecule is C=CC(C)N1C(=O)C(CCC)NC(=O)C1CC. The molecule has 0 aromatic heterocycles. The summed E-state index contributed by atoms with van der Waals surface area (Å²) in [6, 6.07) is -0.820. The van der Waals surface area contributed by atoms with E-state index in [1.165, 1.54) is 0 Å². The molecule has 0 spiro atoms. The summed E-state index contributed by atoms with van der Waals surface area (Å²) >= 11 is 0. The quantitative estimate of drug-likeness (QED) is 0.737. The van der Waals surface area contributed by atoms with E-state index in [1.807, 2.05) is 20.8 Å². The van der Waals surface area contributed by atoms with Crippen molar-refractivity contribution in [3.8, 4) is 0 Å². The molecule has 17 heavy (non-hydrogen) atoms. The maximum atomic E-state index is 12.3. The molecule has 1 fully saturated rings. The first-order chi connectivity index (χ1) is 8.06. The second-order valence-electron chi connectivity index (χ2n) is 4.50. The Morgan fingerprint density at radius 2 is 2.12 bits per heavy atom. The highest BCUT2D eigenvalue weighted by Gasteiger charge is 2.40. The van der Waals surface area contributed by atoms with Crippen LogP contribution in [0.3, 0.4) is 0 Å². The minimum Gasteiger partial charge on any atom is -0.343 e. The summed E-state index contributed by atoms with van der Waals surface area (Å²) in [5.41, 5.74) is 0. The highest BCUT2D eigenvalue weighted by molar-refractivity contribution is 5.97. The van der Waals surface area contributed by atoms with Crippen LogP contribution in [0.2, 0.25) is 0 Å². The third kappa shape index (κ3) is 2.68. The Morgan fingerprint density at radius 3 is 2.59 bits per heavy atom. The van der Waals surface area contributed by atoms with Gasteiger partial charge >= 0.3 is 0 Å². The number of amides is 2. The van der Waals surface area contributed by atoms with Gasteiger partial charge in [-0.25, -0.2) is 0 Å². The Hall–Kier alpha value is -1.32. The highest BCUT2D eigenvalue weighted by atomic mass is 16.2. The van der Waals surface area contributed by atoms with Crippen LogP contribution >= 0.6 is 0 Å². The number of hydrogen-bond acceptors (Lipinski definition) is 2. The molecule has 2 amide bonds. The van der Waals surface area contributed by atoms with Gasteiger partial charge in [-0.15, -0.1) is 6.58 Å². The van der Waals surface area contributed by atoms with Crippen molar-refractivity contribution in [2.24, 2.45) is 0 Å². The fourth-order valence-corrected chi connectivity index (χ4v) is 2.25. The zero-order chi connectivity index (χ0) is 13.0. The lowest BCUT2D eigenvalue weighted by Gasteiger charge is -2.41. The van der Waals surface area contributed by atoms with E-state index in [4.69, 9.17) is 0 Å². The molecule has 0 aromatic carbocycles. The summed E-state index contributed by atoms with van der Waals surface area (Å²) < 4.78 is 0. The third-order valence-electron chi connectivity index (χ3n) is 3.25. The number of carbonyl (C=O) groups excluding carboxylic acids is 2. The van der Waals surface area contributed by atoms with Crippen LogP contribution in [0.1, 0.15) is 40.0 Å². The van der Waals surface area contributed by atoms with Crippen molar-refractivity contribution in [3.63, 3.8) is 0 Å². The average Bonchev–Trinajstić information content (AvgIpc) is 2.32. The van der Waals surface area contributed by atoms with Crippen LogP contribution in [0, 0.1) is 0 Å². The van der Waals surface area contributed by atoms with Gasteiger partial charge in [0.15, 0.2) is 0 Å². The van der Waals surface area contributed by atoms with Crippen molar-refractivity contribution in [1.82, 2.24) is 10.2 Å². The molecule has 0 bridgehead atoms. The number of hydrogen-bond donors (Lipinski definition) is 1. The minimum atomic E-state index is -0.363. The van der Waals surface area contributed by atoms with Gasteiger partial charge in [0.1, 0.15) is 12.1 Å². The van der Waals surface area contributed by atoms with E-state index >= 15 is 0 Å². The first-order valence-corrected chi connectivity index (χ1v) is 6.31.